The maximum atomic E-state index is 14.0. The fourth-order valence-corrected chi connectivity index (χ4v) is 6.33. The molecule has 0 amide bonds. The summed E-state index contributed by atoms with van der Waals surface area (Å²) in [6, 6.07) is 27.3. The molecule has 4 aromatic carbocycles. The van der Waals surface area contributed by atoms with Gasteiger partial charge in [0.25, 0.3) is 0 Å². The van der Waals surface area contributed by atoms with Crippen molar-refractivity contribution in [2.45, 2.75) is 110 Å². The highest BCUT2D eigenvalue weighted by Crippen LogP contribution is 2.47. The Morgan fingerprint density at radius 3 is 1.72 bits per heavy atom. The number of aliphatic hydroxyl groups is 1. The number of unbranched alkanes of at least 4 members (excludes halogenated alkanes) is 2. The Morgan fingerprint density at radius 2 is 1.24 bits per heavy atom. The predicted octanol–water partition coefficient (Wildman–Crippen LogP) is 11.1. The van der Waals surface area contributed by atoms with Crippen LogP contribution in [0.1, 0.15) is 114 Å². The van der Waals surface area contributed by atoms with Gasteiger partial charge in [-0.1, -0.05) is 117 Å². The van der Waals surface area contributed by atoms with E-state index >= 15 is 0 Å². The molecule has 4 aromatic rings. The van der Waals surface area contributed by atoms with E-state index in [1.165, 1.54) is 0 Å². The van der Waals surface area contributed by atoms with Gasteiger partial charge in [0.1, 0.15) is 22.8 Å². The van der Waals surface area contributed by atoms with Gasteiger partial charge in [-0.2, -0.15) is 0 Å². The number of para-hydroxylation sites is 1. The van der Waals surface area contributed by atoms with Gasteiger partial charge in [0, 0.05) is 22.9 Å². The van der Waals surface area contributed by atoms with Gasteiger partial charge in [-0.05, 0) is 99.1 Å². The van der Waals surface area contributed by atoms with E-state index < -0.39 is 11.6 Å². The molecular formula is C44H56BrNO4. The van der Waals surface area contributed by atoms with Gasteiger partial charge in [0.2, 0.25) is 0 Å². The van der Waals surface area contributed by atoms with Crippen LogP contribution in [0.15, 0.2) is 94.4 Å². The van der Waals surface area contributed by atoms with E-state index in [1.807, 2.05) is 42.5 Å². The van der Waals surface area contributed by atoms with E-state index in [0.29, 0.717) is 52.3 Å². The summed E-state index contributed by atoms with van der Waals surface area (Å²) in [5.74, 6) is 1.33. The van der Waals surface area contributed by atoms with E-state index in [0.717, 1.165) is 42.4 Å². The molecule has 0 bridgehead atoms. The third kappa shape index (κ3) is 9.58. The molecule has 6 heteroatoms. The maximum absolute atomic E-state index is 14.0. The largest absolute Gasteiger partial charge is 0.506 e. The van der Waals surface area contributed by atoms with Crippen LogP contribution in [0, 0.1) is 0 Å². The summed E-state index contributed by atoms with van der Waals surface area (Å²) in [5, 5.41) is 25.0. The molecule has 4 rings (SSSR count). The first-order chi connectivity index (χ1) is 23.7. The summed E-state index contributed by atoms with van der Waals surface area (Å²) in [6.07, 6.45) is 5.83. The Kier molecular flexibility index (Phi) is 13.4. The normalized spacial score (nSPS) is 13.1. The van der Waals surface area contributed by atoms with E-state index in [9.17, 15) is 10.2 Å². The molecule has 0 heterocycles. The van der Waals surface area contributed by atoms with Crippen LogP contribution in [0.5, 0.6) is 17.2 Å². The van der Waals surface area contributed by atoms with E-state index in [2.05, 4.69) is 108 Å². The van der Waals surface area contributed by atoms with Crippen molar-refractivity contribution in [2.24, 2.45) is 4.99 Å². The van der Waals surface area contributed by atoms with E-state index in [1.54, 1.807) is 12.3 Å². The number of nitrogens with zero attached hydrogens (tertiary/aromatic N) is 1. The number of aromatic hydroxyl groups is 1. The predicted molar refractivity (Wildman–Crippen MR) is 211 cm³/mol. The molecule has 0 saturated heterocycles. The molecule has 0 saturated carbocycles. The second-order valence-corrected chi connectivity index (χ2v) is 16.1. The molecule has 50 heavy (non-hydrogen) atoms. The van der Waals surface area contributed by atoms with Crippen LogP contribution in [-0.4, -0.2) is 35.7 Å². The molecule has 0 spiro atoms. The fraction of sp³-hybridized carbons (Fsp3) is 0.432. The minimum absolute atomic E-state index is 0.0925. The Balaban J connectivity index is 2.14. The highest BCUT2D eigenvalue weighted by atomic mass is 79.9. The Bertz CT molecular complexity index is 1650. The lowest BCUT2D eigenvalue weighted by atomic mass is 9.73. The van der Waals surface area contributed by atoms with Crippen LogP contribution in [0.2, 0.25) is 0 Å². The SMILES string of the molecule is CCCCOc1ccc(C(C)(C)C)cc1C(O)(c1cc(C(C)(C)C)ccc1OCCCC)[C@@H](Cc1ccccc1)N=Cc1cccc(Br)c1O. The molecule has 1 atom stereocenters. The quantitative estimate of drug-likeness (QED) is 0.0940. The van der Waals surface area contributed by atoms with Gasteiger partial charge in [-0.25, -0.2) is 0 Å². The minimum atomic E-state index is -1.72. The van der Waals surface area contributed by atoms with Crippen molar-refractivity contribution >= 4 is 22.1 Å². The third-order valence-corrected chi connectivity index (χ3v) is 9.83. The average Bonchev–Trinajstić information content (AvgIpc) is 3.08. The molecule has 0 aliphatic heterocycles. The van der Waals surface area contributed by atoms with Gasteiger partial charge in [0.15, 0.2) is 0 Å². The summed E-state index contributed by atoms with van der Waals surface area (Å²) in [4.78, 5) is 5.21. The number of phenolic OH excluding ortho intramolecular Hbond substituents is 1. The molecule has 0 aliphatic carbocycles. The van der Waals surface area contributed by atoms with E-state index in [4.69, 9.17) is 14.5 Å². The third-order valence-electron chi connectivity index (χ3n) is 9.19. The van der Waals surface area contributed by atoms with Crippen LogP contribution in [0.4, 0.5) is 0 Å². The number of rotatable bonds is 15. The molecule has 268 valence electrons. The van der Waals surface area contributed by atoms with Crippen LogP contribution < -0.4 is 9.47 Å². The van der Waals surface area contributed by atoms with Gasteiger partial charge < -0.3 is 19.7 Å². The highest BCUT2D eigenvalue weighted by molar-refractivity contribution is 9.10. The lowest BCUT2D eigenvalue weighted by Crippen LogP contribution is -2.42. The Hall–Kier alpha value is -3.61. The Labute approximate surface area is 308 Å². The van der Waals surface area contributed by atoms with Crippen molar-refractivity contribution in [3.63, 3.8) is 0 Å². The van der Waals surface area contributed by atoms with Gasteiger partial charge >= 0.3 is 0 Å². The van der Waals surface area contributed by atoms with Crippen LogP contribution in [0.25, 0.3) is 0 Å². The highest BCUT2D eigenvalue weighted by Gasteiger charge is 2.45. The Morgan fingerprint density at radius 1 is 0.720 bits per heavy atom. The number of benzene rings is 4. The molecule has 5 nitrogen and oxygen atoms in total. The lowest BCUT2D eigenvalue weighted by molar-refractivity contribution is 0.0460. The van der Waals surface area contributed by atoms with Crippen molar-refractivity contribution in [3.05, 3.63) is 123 Å². The smallest absolute Gasteiger partial charge is 0.144 e. The van der Waals surface area contributed by atoms with Crippen molar-refractivity contribution < 1.29 is 19.7 Å². The number of hydrogen-bond acceptors (Lipinski definition) is 5. The van der Waals surface area contributed by atoms with Crippen molar-refractivity contribution in [2.75, 3.05) is 13.2 Å². The van der Waals surface area contributed by atoms with Crippen LogP contribution >= 0.6 is 15.9 Å². The summed E-state index contributed by atoms with van der Waals surface area (Å²) < 4.78 is 13.7. The van der Waals surface area contributed by atoms with Crippen molar-refractivity contribution in [3.8, 4) is 17.2 Å². The summed E-state index contributed by atoms with van der Waals surface area (Å²) in [5.41, 5.74) is 2.87. The minimum Gasteiger partial charge on any atom is -0.506 e. The van der Waals surface area contributed by atoms with Gasteiger partial charge in [0.05, 0.1) is 23.7 Å². The molecule has 0 aliphatic rings. The first-order valence-corrected chi connectivity index (χ1v) is 18.8. The monoisotopic (exact) mass is 741 g/mol. The van der Waals surface area contributed by atoms with Gasteiger partial charge in [-0.15, -0.1) is 0 Å². The summed E-state index contributed by atoms with van der Waals surface area (Å²) in [7, 11) is 0. The average molecular weight is 743 g/mol. The number of halogens is 1. The molecule has 0 unspecified atom stereocenters. The number of aliphatic imine (C=N–C) groups is 1. The molecule has 0 fully saturated rings. The van der Waals surface area contributed by atoms with Crippen molar-refractivity contribution in [1.82, 2.24) is 0 Å². The first kappa shape index (κ1) is 39.2. The topological polar surface area (TPSA) is 71.3 Å². The second kappa shape index (κ2) is 17.1. The molecule has 0 aromatic heterocycles. The molecule has 2 N–H and O–H groups in total. The van der Waals surface area contributed by atoms with E-state index in [-0.39, 0.29) is 16.6 Å². The lowest BCUT2D eigenvalue weighted by Gasteiger charge is -2.39. The molecular weight excluding hydrogens is 686 g/mol. The fourth-order valence-electron chi connectivity index (χ4n) is 5.95. The molecule has 0 radical (unpaired) electrons. The van der Waals surface area contributed by atoms with Crippen molar-refractivity contribution in [1.29, 1.82) is 0 Å². The van der Waals surface area contributed by atoms with Crippen LogP contribution in [-0.2, 0) is 22.9 Å². The second-order valence-electron chi connectivity index (χ2n) is 15.3. The van der Waals surface area contributed by atoms with Crippen LogP contribution in [0.3, 0.4) is 0 Å². The summed E-state index contributed by atoms with van der Waals surface area (Å²) >= 11 is 3.46. The summed E-state index contributed by atoms with van der Waals surface area (Å²) in [6.45, 7) is 18.4. The number of hydrogen-bond donors (Lipinski definition) is 2. The zero-order valence-corrected chi connectivity index (χ0v) is 32.8. The number of phenols is 1. The maximum Gasteiger partial charge on any atom is 0.144 e. The first-order valence-electron chi connectivity index (χ1n) is 18.0. The zero-order valence-electron chi connectivity index (χ0n) is 31.2. The standard InChI is InChI=1S/C44H56BrNO4/c1-9-11-25-49-38-23-21-33(42(3,4)5)28-35(38)44(48,36-29-34(43(6,7)8)22-24-39(36)50-26-12-10-2)40(27-31-17-14-13-15-18-31)46-30-32-19-16-20-37(45)41(32)47/h13-24,28-30,40,47-48H,9-12,25-27H2,1-8H3/t40-/m1/s1. The van der Waals surface area contributed by atoms with Gasteiger partial charge in [-0.3, -0.25) is 4.99 Å². The zero-order chi connectivity index (χ0) is 36.5. The number of ether oxygens (including phenoxy) is 2.